The van der Waals surface area contributed by atoms with E-state index < -0.39 is 41.4 Å². The molecule has 0 atom stereocenters. The van der Waals surface area contributed by atoms with Gasteiger partial charge in [-0.3, -0.25) is 0 Å². The molecule has 0 aliphatic carbocycles. The lowest BCUT2D eigenvalue weighted by Crippen LogP contribution is -2.29. The van der Waals surface area contributed by atoms with Crippen molar-refractivity contribution in [1.29, 1.82) is 0 Å². The molecular formula is C17H19F3N2O4S2. The van der Waals surface area contributed by atoms with E-state index in [9.17, 15) is 30.0 Å². The van der Waals surface area contributed by atoms with Crippen LogP contribution >= 0.6 is 0 Å². The number of sulfone groups is 1. The van der Waals surface area contributed by atoms with Crippen molar-refractivity contribution in [3.05, 3.63) is 54.1 Å². The highest BCUT2D eigenvalue weighted by Crippen LogP contribution is 2.36. The van der Waals surface area contributed by atoms with Crippen LogP contribution in [-0.2, 0) is 26.0 Å². The van der Waals surface area contributed by atoms with E-state index in [4.69, 9.17) is 0 Å². The second-order valence-corrected chi connectivity index (χ2v) is 9.51. The fourth-order valence-electron chi connectivity index (χ4n) is 2.41. The highest BCUT2D eigenvalue weighted by Gasteiger charge is 2.38. The van der Waals surface area contributed by atoms with Crippen LogP contribution in [0, 0.1) is 0 Å². The molecule has 11 heteroatoms. The third kappa shape index (κ3) is 5.10. The SMILES string of the molecule is CNCCCNS(=O)(=O)c1cc(S(=O)(=O)c2ccccc2)ccc1C(F)(F)F. The predicted molar refractivity (Wildman–Crippen MR) is 97.1 cm³/mol. The van der Waals surface area contributed by atoms with Crippen LogP contribution < -0.4 is 10.0 Å². The molecular weight excluding hydrogens is 417 g/mol. The Morgan fingerprint density at radius 1 is 0.893 bits per heavy atom. The van der Waals surface area contributed by atoms with Crippen molar-refractivity contribution in [2.75, 3.05) is 20.1 Å². The molecule has 0 fully saturated rings. The largest absolute Gasteiger partial charge is 0.417 e. The monoisotopic (exact) mass is 436 g/mol. The van der Waals surface area contributed by atoms with Gasteiger partial charge in [0.15, 0.2) is 0 Å². The molecule has 2 aromatic carbocycles. The molecule has 28 heavy (non-hydrogen) atoms. The summed E-state index contributed by atoms with van der Waals surface area (Å²) in [6.07, 6.45) is -4.62. The summed E-state index contributed by atoms with van der Waals surface area (Å²) in [6.45, 7) is 0.354. The van der Waals surface area contributed by atoms with Gasteiger partial charge in [0, 0.05) is 6.54 Å². The molecule has 0 heterocycles. The summed E-state index contributed by atoms with van der Waals surface area (Å²) in [6, 6.07) is 8.82. The lowest BCUT2D eigenvalue weighted by atomic mass is 10.2. The minimum Gasteiger partial charge on any atom is -0.320 e. The third-order valence-electron chi connectivity index (χ3n) is 3.81. The van der Waals surface area contributed by atoms with Crippen LogP contribution in [0.2, 0.25) is 0 Å². The molecule has 0 amide bonds. The summed E-state index contributed by atoms with van der Waals surface area (Å²) in [5.74, 6) is 0. The summed E-state index contributed by atoms with van der Waals surface area (Å²) in [5.41, 5.74) is -1.43. The molecule has 0 saturated heterocycles. The van der Waals surface area contributed by atoms with Crippen molar-refractivity contribution < 1.29 is 30.0 Å². The van der Waals surface area contributed by atoms with Crippen LogP contribution in [0.5, 0.6) is 0 Å². The lowest BCUT2D eigenvalue weighted by molar-refractivity contribution is -0.139. The van der Waals surface area contributed by atoms with Crippen molar-refractivity contribution in [2.24, 2.45) is 0 Å². The highest BCUT2D eigenvalue weighted by molar-refractivity contribution is 7.91. The molecule has 0 aromatic heterocycles. The van der Waals surface area contributed by atoms with Gasteiger partial charge < -0.3 is 5.32 Å². The van der Waals surface area contributed by atoms with E-state index in [0.717, 1.165) is 6.07 Å². The third-order valence-corrected chi connectivity index (χ3v) is 7.08. The summed E-state index contributed by atoms with van der Waals surface area (Å²) >= 11 is 0. The van der Waals surface area contributed by atoms with Gasteiger partial charge in [0.1, 0.15) is 0 Å². The van der Waals surface area contributed by atoms with Gasteiger partial charge >= 0.3 is 6.18 Å². The minimum absolute atomic E-state index is 0.101. The van der Waals surface area contributed by atoms with E-state index in [1.54, 1.807) is 13.1 Å². The van der Waals surface area contributed by atoms with E-state index in [1.807, 2.05) is 0 Å². The van der Waals surface area contributed by atoms with Crippen LogP contribution in [0.3, 0.4) is 0 Å². The second kappa shape index (κ2) is 8.60. The molecule has 0 aliphatic rings. The Morgan fingerprint density at radius 2 is 1.54 bits per heavy atom. The Hall–Kier alpha value is -1.95. The van der Waals surface area contributed by atoms with Crippen molar-refractivity contribution in [2.45, 2.75) is 27.3 Å². The fourth-order valence-corrected chi connectivity index (χ4v) is 5.12. The molecule has 0 unspecified atom stereocenters. The number of alkyl halides is 3. The Balaban J connectivity index is 2.55. The highest BCUT2D eigenvalue weighted by atomic mass is 32.2. The van der Waals surface area contributed by atoms with Crippen molar-refractivity contribution in [3.63, 3.8) is 0 Å². The number of hydrogen-bond acceptors (Lipinski definition) is 5. The van der Waals surface area contributed by atoms with Crippen molar-refractivity contribution in [3.8, 4) is 0 Å². The molecule has 0 aliphatic heterocycles. The van der Waals surface area contributed by atoms with Gasteiger partial charge in [-0.2, -0.15) is 13.2 Å². The number of hydrogen-bond donors (Lipinski definition) is 2. The standard InChI is InChI=1S/C17H19F3N2O4S2/c1-21-10-5-11-22-28(25,26)16-12-14(8-9-15(16)17(18,19)20)27(23,24)13-6-3-2-4-7-13/h2-4,6-9,12,21-22H,5,10-11H2,1H3. The van der Waals surface area contributed by atoms with Gasteiger partial charge in [0.05, 0.1) is 20.2 Å². The lowest BCUT2D eigenvalue weighted by Gasteiger charge is -2.15. The minimum atomic E-state index is -4.97. The van der Waals surface area contributed by atoms with Crippen LogP contribution in [0.15, 0.2) is 63.2 Å². The van der Waals surface area contributed by atoms with Gasteiger partial charge in [0.25, 0.3) is 0 Å². The molecule has 154 valence electrons. The molecule has 0 spiro atoms. The molecule has 0 saturated carbocycles. The fraction of sp³-hybridized carbons (Fsp3) is 0.294. The Labute approximate surface area is 161 Å². The van der Waals surface area contributed by atoms with Gasteiger partial charge in [-0.1, -0.05) is 18.2 Å². The number of halogens is 3. The maximum Gasteiger partial charge on any atom is 0.417 e. The van der Waals surface area contributed by atoms with Crippen molar-refractivity contribution >= 4 is 19.9 Å². The zero-order chi connectivity index (χ0) is 21.0. The molecule has 0 bridgehead atoms. The molecule has 2 N–H and O–H groups in total. The maximum atomic E-state index is 13.3. The second-order valence-electron chi connectivity index (χ2n) is 5.83. The van der Waals surface area contributed by atoms with Crippen LogP contribution in [0.1, 0.15) is 12.0 Å². The summed E-state index contributed by atoms with van der Waals surface area (Å²) in [4.78, 5) is -1.82. The Morgan fingerprint density at radius 3 is 2.11 bits per heavy atom. The zero-order valence-electron chi connectivity index (χ0n) is 14.8. The van der Waals surface area contributed by atoms with Crippen molar-refractivity contribution in [1.82, 2.24) is 10.0 Å². The van der Waals surface area contributed by atoms with Gasteiger partial charge in [-0.25, -0.2) is 21.6 Å². The first kappa shape index (κ1) is 22.3. The van der Waals surface area contributed by atoms with Gasteiger partial charge in [0.2, 0.25) is 19.9 Å². The topological polar surface area (TPSA) is 92.3 Å². The van der Waals surface area contributed by atoms with E-state index in [2.05, 4.69) is 10.0 Å². The average Bonchev–Trinajstić information content (AvgIpc) is 2.65. The zero-order valence-corrected chi connectivity index (χ0v) is 16.5. The number of nitrogens with one attached hydrogen (secondary N) is 2. The van der Waals surface area contributed by atoms with Crippen LogP contribution in [0.25, 0.3) is 0 Å². The molecule has 0 radical (unpaired) electrons. The average molecular weight is 436 g/mol. The van der Waals surface area contributed by atoms with E-state index in [-0.39, 0.29) is 11.4 Å². The smallest absolute Gasteiger partial charge is 0.320 e. The van der Waals surface area contributed by atoms with E-state index >= 15 is 0 Å². The quantitative estimate of drug-likeness (QED) is 0.620. The van der Waals surface area contributed by atoms with Gasteiger partial charge in [-0.15, -0.1) is 0 Å². The number of rotatable bonds is 8. The van der Waals surface area contributed by atoms with E-state index in [0.29, 0.717) is 25.1 Å². The first-order chi connectivity index (χ1) is 13.0. The molecule has 2 rings (SSSR count). The number of sulfonamides is 1. The molecule has 6 nitrogen and oxygen atoms in total. The van der Waals surface area contributed by atoms with Crippen LogP contribution in [-0.4, -0.2) is 37.0 Å². The van der Waals surface area contributed by atoms with E-state index in [1.165, 1.54) is 24.3 Å². The Bertz CT molecular complexity index is 1020. The first-order valence-corrected chi connectivity index (χ1v) is 11.1. The van der Waals surface area contributed by atoms with Gasteiger partial charge in [-0.05, 0) is 50.3 Å². The normalized spacial score (nSPS) is 12.9. The summed E-state index contributed by atoms with van der Waals surface area (Å²) in [7, 11) is -7.12. The maximum absolute atomic E-state index is 13.3. The predicted octanol–water partition coefficient (Wildman–Crippen LogP) is 2.43. The Kier molecular flexibility index (Phi) is 6.86. The number of benzene rings is 2. The van der Waals surface area contributed by atoms with Crippen LogP contribution in [0.4, 0.5) is 13.2 Å². The first-order valence-electron chi connectivity index (χ1n) is 8.16. The molecule has 2 aromatic rings. The summed E-state index contributed by atoms with van der Waals surface area (Å²) in [5, 5.41) is 2.78. The summed E-state index contributed by atoms with van der Waals surface area (Å²) < 4.78 is 92.3.